The van der Waals surface area contributed by atoms with Crippen LogP contribution >= 0.6 is 11.6 Å². The summed E-state index contributed by atoms with van der Waals surface area (Å²) in [6, 6.07) is 12.6. The fourth-order valence-corrected chi connectivity index (χ4v) is 3.93. The summed E-state index contributed by atoms with van der Waals surface area (Å²) in [7, 11) is 0. The van der Waals surface area contributed by atoms with Crippen molar-refractivity contribution in [1.82, 2.24) is 10.2 Å². The van der Waals surface area contributed by atoms with Crippen LogP contribution in [-0.4, -0.2) is 41.5 Å². The quantitative estimate of drug-likeness (QED) is 0.398. The number of carbonyl (C=O) groups excluding carboxylic acids is 2. The number of benzene rings is 2. The van der Waals surface area contributed by atoms with Crippen LogP contribution in [0.25, 0.3) is 0 Å². The monoisotopic (exact) mass is 502 g/mol. The Morgan fingerprint density at radius 1 is 0.943 bits per heavy atom. The molecule has 0 aromatic heterocycles. The number of nitrogens with one attached hydrogen (secondary N) is 1. The molecule has 0 aliphatic rings. The fraction of sp³-hybridized carbons (Fsp3) is 0.500. The van der Waals surface area contributed by atoms with Crippen LogP contribution in [-0.2, 0) is 22.6 Å². The number of hydrogen-bond donors (Lipinski definition) is 1. The summed E-state index contributed by atoms with van der Waals surface area (Å²) in [4.78, 5) is 28.3. The van der Waals surface area contributed by atoms with E-state index in [4.69, 9.17) is 21.1 Å². The van der Waals surface area contributed by atoms with Crippen molar-refractivity contribution in [2.45, 2.75) is 78.9 Å². The Balaban J connectivity index is 2.24. The Morgan fingerprint density at radius 2 is 1.54 bits per heavy atom. The summed E-state index contributed by atoms with van der Waals surface area (Å²) in [5.74, 6) is 1.14. The zero-order chi connectivity index (χ0) is 26.0. The third-order valence-corrected chi connectivity index (χ3v) is 5.64. The zero-order valence-electron chi connectivity index (χ0n) is 21.8. The molecule has 0 aliphatic carbocycles. The number of aryl methyl sites for hydroxylation is 1. The van der Waals surface area contributed by atoms with Crippen molar-refractivity contribution in [3.63, 3.8) is 0 Å². The first-order chi connectivity index (χ1) is 16.6. The van der Waals surface area contributed by atoms with E-state index in [1.54, 1.807) is 17.0 Å². The highest BCUT2D eigenvalue weighted by Gasteiger charge is 2.30. The Kier molecular flexibility index (Phi) is 10.9. The number of hydrogen-bond acceptors (Lipinski definition) is 4. The van der Waals surface area contributed by atoms with Gasteiger partial charge in [0.25, 0.3) is 0 Å². The lowest BCUT2D eigenvalue weighted by atomic mass is 10.0. The van der Waals surface area contributed by atoms with Crippen molar-refractivity contribution in [3.05, 3.63) is 58.6 Å². The predicted molar refractivity (Wildman–Crippen MR) is 141 cm³/mol. The summed E-state index contributed by atoms with van der Waals surface area (Å²) in [6.45, 7) is 13.0. The lowest BCUT2D eigenvalue weighted by Gasteiger charge is -2.33. The Morgan fingerprint density at radius 3 is 2.11 bits per heavy atom. The van der Waals surface area contributed by atoms with E-state index in [1.165, 1.54) is 0 Å². The van der Waals surface area contributed by atoms with Gasteiger partial charge < -0.3 is 19.7 Å². The second-order valence-corrected chi connectivity index (χ2v) is 9.89. The van der Waals surface area contributed by atoms with Crippen LogP contribution in [0.2, 0.25) is 5.02 Å². The molecule has 2 rings (SSSR count). The normalized spacial score (nSPS) is 12.1. The van der Waals surface area contributed by atoms with Crippen LogP contribution < -0.4 is 14.8 Å². The van der Waals surface area contributed by atoms with Crippen molar-refractivity contribution in [2.75, 3.05) is 13.2 Å². The predicted octanol–water partition coefficient (Wildman–Crippen LogP) is 5.79. The van der Waals surface area contributed by atoms with Crippen molar-refractivity contribution in [1.29, 1.82) is 0 Å². The summed E-state index contributed by atoms with van der Waals surface area (Å²) in [5.41, 5.74) is 1.51. The standard InChI is InChI=1S/C28H39ClN2O4/c1-7-23(27(33)30-28(4,5)6)31(19-21-10-14-22(29)15-11-21)26(32)17-13-20-12-16-24(34-8-2)25(18-20)35-9-3/h10-12,14-16,18,23H,7-9,13,17,19H2,1-6H3,(H,30,33)/t23-/m0/s1. The number of carbonyl (C=O) groups is 2. The summed E-state index contributed by atoms with van der Waals surface area (Å²) < 4.78 is 11.4. The molecule has 0 spiro atoms. The van der Waals surface area contributed by atoms with Crippen LogP contribution in [0.1, 0.15) is 65.5 Å². The highest BCUT2D eigenvalue weighted by atomic mass is 35.5. The van der Waals surface area contributed by atoms with E-state index in [-0.39, 0.29) is 18.2 Å². The maximum Gasteiger partial charge on any atom is 0.243 e. The Bertz CT molecular complexity index is 970. The van der Waals surface area contributed by atoms with Gasteiger partial charge in [0.2, 0.25) is 11.8 Å². The molecule has 6 nitrogen and oxygen atoms in total. The highest BCUT2D eigenvalue weighted by molar-refractivity contribution is 6.30. The molecule has 192 valence electrons. The molecule has 0 radical (unpaired) electrons. The Hall–Kier alpha value is -2.73. The molecule has 7 heteroatoms. The average Bonchev–Trinajstić information content (AvgIpc) is 2.79. The minimum Gasteiger partial charge on any atom is -0.490 e. The second-order valence-electron chi connectivity index (χ2n) is 9.46. The van der Waals surface area contributed by atoms with Crippen molar-refractivity contribution in [3.8, 4) is 11.5 Å². The van der Waals surface area contributed by atoms with Gasteiger partial charge in [-0.25, -0.2) is 0 Å². The van der Waals surface area contributed by atoms with E-state index in [0.29, 0.717) is 49.1 Å². The van der Waals surface area contributed by atoms with Crippen LogP contribution in [0.3, 0.4) is 0 Å². The molecule has 2 aromatic carbocycles. The maximum absolute atomic E-state index is 13.5. The SMILES string of the molecule is CCOc1ccc(CCC(=O)N(Cc2ccc(Cl)cc2)[C@@H](CC)C(=O)NC(C)(C)C)cc1OCC. The van der Waals surface area contributed by atoms with E-state index in [1.807, 2.05) is 71.9 Å². The fourth-order valence-electron chi connectivity index (χ4n) is 3.80. The minimum atomic E-state index is -0.572. The van der Waals surface area contributed by atoms with Gasteiger partial charge >= 0.3 is 0 Å². The highest BCUT2D eigenvalue weighted by Crippen LogP contribution is 2.29. The first-order valence-electron chi connectivity index (χ1n) is 12.3. The Labute approximate surface area is 214 Å². The van der Waals surface area contributed by atoms with Gasteiger partial charge in [-0.1, -0.05) is 36.7 Å². The lowest BCUT2D eigenvalue weighted by Crippen LogP contribution is -2.53. The largest absolute Gasteiger partial charge is 0.490 e. The first kappa shape index (κ1) is 28.5. The summed E-state index contributed by atoms with van der Waals surface area (Å²) in [5, 5.41) is 3.66. The van der Waals surface area contributed by atoms with Gasteiger partial charge in [-0.2, -0.15) is 0 Å². The molecule has 0 saturated heterocycles. The number of nitrogens with zero attached hydrogens (tertiary/aromatic N) is 1. The summed E-state index contributed by atoms with van der Waals surface area (Å²) >= 11 is 6.04. The van der Waals surface area contributed by atoms with E-state index in [0.717, 1.165) is 11.1 Å². The minimum absolute atomic E-state index is 0.0808. The van der Waals surface area contributed by atoms with E-state index in [2.05, 4.69) is 5.32 Å². The molecule has 1 N–H and O–H groups in total. The van der Waals surface area contributed by atoms with Gasteiger partial charge in [-0.15, -0.1) is 0 Å². The van der Waals surface area contributed by atoms with Crippen LogP contribution in [0, 0.1) is 0 Å². The molecule has 0 aliphatic heterocycles. The van der Waals surface area contributed by atoms with Gasteiger partial charge in [0, 0.05) is 23.5 Å². The van der Waals surface area contributed by atoms with E-state index < -0.39 is 11.6 Å². The van der Waals surface area contributed by atoms with Gasteiger partial charge in [0.05, 0.1) is 13.2 Å². The summed E-state index contributed by atoms with van der Waals surface area (Å²) in [6.07, 6.45) is 1.31. The third-order valence-electron chi connectivity index (χ3n) is 5.39. The van der Waals surface area contributed by atoms with Crippen LogP contribution in [0.4, 0.5) is 0 Å². The van der Waals surface area contributed by atoms with E-state index in [9.17, 15) is 9.59 Å². The smallest absolute Gasteiger partial charge is 0.243 e. The topological polar surface area (TPSA) is 67.9 Å². The molecule has 0 unspecified atom stereocenters. The van der Waals surface area contributed by atoms with Gasteiger partial charge in [0.1, 0.15) is 6.04 Å². The molecule has 0 heterocycles. The third kappa shape index (κ3) is 9.10. The maximum atomic E-state index is 13.5. The number of ether oxygens (including phenoxy) is 2. The van der Waals surface area contributed by atoms with Crippen molar-refractivity contribution >= 4 is 23.4 Å². The number of amides is 2. The molecule has 1 atom stereocenters. The average molecular weight is 503 g/mol. The molecule has 0 saturated carbocycles. The first-order valence-corrected chi connectivity index (χ1v) is 12.7. The second kappa shape index (κ2) is 13.4. The molecule has 2 amide bonds. The zero-order valence-corrected chi connectivity index (χ0v) is 22.6. The molecule has 35 heavy (non-hydrogen) atoms. The van der Waals surface area contributed by atoms with Crippen molar-refractivity contribution < 1.29 is 19.1 Å². The van der Waals surface area contributed by atoms with Gasteiger partial charge in [-0.3, -0.25) is 9.59 Å². The number of rotatable bonds is 12. The molecular formula is C28H39ClN2O4. The van der Waals surface area contributed by atoms with Crippen molar-refractivity contribution in [2.24, 2.45) is 0 Å². The molecule has 0 fully saturated rings. The number of halogens is 1. The molecular weight excluding hydrogens is 464 g/mol. The van der Waals surface area contributed by atoms with Gasteiger partial charge in [-0.05, 0) is 82.9 Å². The molecule has 0 bridgehead atoms. The van der Waals surface area contributed by atoms with Gasteiger partial charge in [0.15, 0.2) is 11.5 Å². The molecule has 2 aromatic rings. The van der Waals surface area contributed by atoms with Crippen LogP contribution in [0.15, 0.2) is 42.5 Å². The van der Waals surface area contributed by atoms with Crippen LogP contribution in [0.5, 0.6) is 11.5 Å². The van der Waals surface area contributed by atoms with E-state index >= 15 is 0 Å². The lowest BCUT2D eigenvalue weighted by molar-refractivity contribution is -0.142.